The quantitative estimate of drug-likeness (QED) is 0.767. The first-order chi connectivity index (χ1) is 12.6. The van der Waals surface area contributed by atoms with Crippen molar-refractivity contribution in [1.82, 2.24) is 0 Å². The summed E-state index contributed by atoms with van der Waals surface area (Å²) < 4.78 is 11.0. The van der Waals surface area contributed by atoms with Gasteiger partial charge in [0.1, 0.15) is 5.78 Å². The van der Waals surface area contributed by atoms with E-state index < -0.39 is 0 Å². The Hall–Kier alpha value is -2.49. The van der Waals surface area contributed by atoms with Gasteiger partial charge in [-0.15, -0.1) is 0 Å². The average Bonchev–Trinajstić information content (AvgIpc) is 2.67. The van der Waals surface area contributed by atoms with Crippen LogP contribution in [0.15, 0.2) is 36.4 Å². The maximum Gasteiger partial charge on any atom is 0.161 e. The smallest absolute Gasteiger partial charge is 0.161 e. The SMILES string of the molecule is CCC(=O)CC1c2cc(OC)c(OC)cc2CCN1c1ccc(C)cc1. The Morgan fingerprint density at radius 2 is 1.77 bits per heavy atom. The summed E-state index contributed by atoms with van der Waals surface area (Å²) in [6.07, 6.45) is 1.98. The molecule has 1 aliphatic heterocycles. The van der Waals surface area contributed by atoms with Crippen molar-refractivity contribution in [1.29, 1.82) is 0 Å². The van der Waals surface area contributed by atoms with Crippen LogP contribution in [0.4, 0.5) is 5.69 Å². The Labute approximate surface area is 155 Å². The highest BCUT2D eigenvalue weighted by Crippen LogP contribution is 2.41. The lowest BCUT2D eigenvalue weighted by atomic mass is 9.88. The predicted molar refractivity (Wildman–Crippen MR) is 104 cm³/mol. The Kier molecular flexibility index (Phi) is 5.50. The lowest BCUT2D eigenvalue weighted by Gasteiger charge is -2.39. The highest BCUT2D eigenvalue weighted by atomic mass is 16.5. The van der Waals surface area contributed by atoms with Gasteiger partial charge in [-0.25, -0.2) is 0 Å². The number of ketones is 1. The van der Waals surface area contributed by atoms with Gasteiger partial charge < -0.3 is 14.4 Å². The van der Waals surface area contributed by atoms with Crippen LogP contribution in [0, 0.1) is 6.92 Å². The van der Waals surface area contributed by atoms with Crippen molar-refractivity contribution in [2.24, 2.45) is 0 Å². The van der Waals surface area contributed by atoms with Crippen LogP contribution >= 0.6 is 0 Å². The van der Waals surface area contributed by atoms with Crippen LogP contribution in [0.1, 0.15) is 42.5 Å². The van der Waals surface area contributed by atoms with Crippen molar-refractivity contribution in [2.45, 2.75) is 39.2 Å². The fourth-order valence-electron chi connectivity index (χ4n) is 3.65. The molecule has 0 radical (unpaired) electrons. The number of carbonyl (C=O) groups is 1. The third-order valence-corrected chi connectivity index (χ3v) is 5.18. The number of ether oxygens (including phenoxy) is 2. The Morgan fingerprint density at radius 3 is 2.38 bits per heavy atom. The van der Waals surface area contributed by atoms with Crippen molar-refractivity contribution in [3.05, 3.63) is 53.1 Å². The number of Topliss-reactive ketones (excluding diaryl/α,β-unsaturated/α-hetero) is 1. The number of nitrogens with zero attached hydrogens (tertiary/aromatic N) is 1. The average molecular weight is 353 g/mol. The normalized spacial score (nSPS) is 16.2. The van der Waals surface area contributed by atoms with E-state index in [4.69, 9.17) is 9.47 Å². The maximum absolute atomic E-state index is 12.3. The number of benzene rings is 2. The number of fused-ring (bicyclic) bond motifs is 1. The lowest BCUT2D eigenvalue weighted by molar-refractivity contribution is -0.119. The molecule has 0 spiro atoms. The van der Waals surface area contributed by atoms with Crippen LogP contribution in [0.25, 0.3) is 0 Å². The van der Waals surface area contributed by atoms with Crippen molar-refractivity contribution < 1.29 is 14.3 Å². The van der Waals surface area contributed by atoms with E-state index in [0.29, 0.717) is 18.6 Å². The Bertz CT molecular complexity index is 783. The summed E-state index contributed by atoms with van der Waals surface area (Å²) in [7, 11) is 3.31. The number of methoxy groups -OCH3 is 2. The van der Waals surface area contributed by atoms with Gasteiger partial charge in [0.25, 0.3) is 0 Å². The summed E-state index contributed by atoms with van der Waals surface area (Å²) in [5.41, 5.74) is 4.79. The van der Waals surface area contributed by atoms with Gasteiger partial charge in [-0.2, -0.15) is 0 Å². The first-order valence-electron chi connectivity index (χ1n) is 9.17. The molecular formula is C22H27NO3. The number of aryl methyl sites for hydroxylation is 1. The van der Waals surface area contributed by atoms with Crippen molar-refractivity contribution >= 4 is 11.5 Å². The molecule has 0 fully saturated rings. The van der Waals surface area contributed by atoms with Crippen LogP contribution in [0.3, 0.4) is 0 Å². The molecule has 138 valence electrons. The highest BCUT2D eigenvalue weighted by molar-refractivity contribution is 5.80. The van der Waals surface area contributed by atoms with E-state index in [9.17, 15) is 4.79 Å². The summed E-state index contributed by atoms with van der Waals surface area (Å²) >= 11 is 0. The van der Waals surface area contributed by atoms with E-state index in [1.165, 1.54) is 11.1 Å². The van der Waals surface area contributed by atoms with Gasteiger partial charge in [0.15, 0.2) is 11.5 Å². The van der Waals surface area contributed by atoms with Crippen LogP contribution in [-0.2, 0) is 11.2 Å². The zero-order chi connectivity index (χ0) is 18.7. The third kappa shape index (κ3) is 3.55. The molecule has 0 amide bonds. The molecule has 2 aromatic rings. The summed E-state index contributed by atoms with van der Waals surface area (Å²) in [6, 6.07) is 12.7. The Morgan fingerprint density at radius 1 is 1.12 bits per heavy atom. The summed E-state index contributed by atoms with van der Waals surface area (Å²) in [6.45, 7) is 4.90. The van der Waals surface area contributed by atoms with Crippen molar-refractivity contribution in [3.8, 4) is 11.5 Å². The molecule has 2 aromatic carbocycles. The maximum atomic E-state index is 12.3. The van der Waals surface area contributed by atoms with E-state index in [2.05, 4.69) is 42.2 Å². The van der Waals surface area contributed by atoms with Gasteiger partial charge >= 0.3 is 0 Å². The fourth-order valence-corrected chi connectivity index (χ4v) is 3.65. The molecule has 0 saturated heterocycles. The lowest BCUT2D eigenvalue weighted by Crippen LogP contribution is -2.36. The van der Waals surface area contributed by atoms with Crippen molar-refractivity contribution in [2.75, 3.05) is 25.7 Å². The van der Waals surface area contributed by atoms with E-state index >= 15 is 0 Å². The zero-order valence-corrected chi connectivity index (χ0v) is 16.0. The number of carbonyl (C=O) groups excluding carboxylic acids is 1. The molecule has 1 atom stereocenters. The van der Waals surface area contributed by atoms with E-state index in [-0.39, 0.29) is 11.8 Å². The number of hydrogen-bond donors (Lipinski definition) is 0. The highest BCUT2D eigenvalue weighted by Gasteiger charge is 2.30. The van der Waals surface area contributed by atoms with Gasteiger partial charge in [0, 0.05) is 25.1 Å². The molecular weight excluding hydrogens is 326 g/mol. The van der Waals surface area contributed by atoms with Gasteiger partial charge in [-0.3, -0.25) is 4.79 Å². The molecule has 0 N–H and O–H groups in total. The van der Waals surface area contributed by atoms with Crippen LogP contribution in [0.2, 0.25) is 0 Å². The fraction of sp³-hybridized carbons (Fsp3) is 0.409. The minimum absolute atomic E-state index is 0.0220. The van der Waals surface area contributed by atoms with Gasteiger partial charge in [-0.05, 0) is 48.7 Å². The molecule has 0 aromatic heterocycles. The summed E-state index contributed by atoms with van der Waals surface area (Å²) in [5, 5.41) is 0. The van der Waals surface area contributed by atoms with Crippen LogP contribution in [-0.4, -0.2) is 26.5 Å². The zero-order valence-electron chi connectivity index (χ0n) is 16.0. The van der Waals surface area contributed by atoms with Crippen molar-refractivity contribution in [3.63, 3.8) is 0 Å². The summed E-state index contributed by atoms with van der Waals surface area (Å²) in [5.74, 6) is 1.73. The number of hydrogen-bond acceptors (Lipinski definition) is 4. The predicted octanol–water partition coefficient (Wildman–Crippen LogP) is 4.49. The molecule has 1 aliphatic rings. The molecule has 1 unspecified atom stereocenters. The molecule has 3 rings (SSSR count). The monoisotopic (exact) mass is 353 g/mol. The standard InChI is InChI=1S/C22H27NO3/c1-5-18(24)13-20-19-14-22(26-4)21(25-3)12-16(19)10-11-23(20)17-8-6-15(2)7-9-17/h6-9,12,14,20H,5,10-11,13H2,1-4H3. The summed E-state index contributed by atoms with van der Waals surface area (Å²) in [4.78, 5) is 14.7. The number of rotatable bonds is 6. The van der Waals surface area contributed by atoms with Crippen LogP contribution in [0.5, 0.6) is 11.5 Å². The van der Waals surface area contributed by atoms with Gasteiger partial charge in [0.2, 0.25) is 0 Å². The number of anilines is 1. The second-order valence-electron chi connectivity index (χ2n) is 6.80. The molecule has 4 nitrogen and oxygen atoms in total. The molecule has 0 aliphatic carbocycles. The third-order valence-electron chi connectivity index (χ3n) is 5.18. The molecule has 0 saturated carbocycles. The van der Waals surface area contributed by atoms with E-state index in [1.54, 1.807) is 14.2 Å². The molecule has 0 bridgehead atoms. The van der Waals surface area contributed by atoms with E-state index in [0.717, 1.165) is 30.0 Å². The first kappa shape index (κ1) is 18.3. The minimum Gasteiger partial charge on any atom is -0.493 e. The largest absolute Gasteiger partial charge is 0.493 e. The Balaban J connectivity index is 2.06. The second kappa shape index (κ2) is 7.81. The second-order valence-corrected chi connectivity index (χ2v) is 6.80. The first-order valence-corrected chi connectivity index (χ1v) is 9.17. The van der Waals surface area contributed by atoms with Gasteiger partial charge in [-0.1, -0.05) is 24.6 Å². The molecule has 1 heterocycles. The van der Waals surface area contributed by atoms with E-state index in [1.807, 2.05) is 13.0 Å². The van der Waals surface area contributed by atoms with Crippen LogP contribution < -0.4 is 14.4 Å². The molecule has 4 heteroatoms. The van der Waals surface area contributed by atoms with Gasteiger partial charge in [0.05, 0.1) is 20.3 Å². The molecule has 26 heavy (non-hydrogen) atoms. The minimum atomic E-state index is 0.0220. The topological polar surface area (TPSA) is 38.8 Å².